The van der Waals surface area contributed by atoms with Crippen LogP contribution in [0.1, 0.15) is 44.0 Å². The monoisotopic (exact) mass is 461 g/mol. The summed E-state index contributed by atoms with van der Waals surface area (Å²) in [6, 6.07) is 11.6. The molecule has 1 heterocycles. The highest BCUT2D eigenvalue weighted by atomic mass is 32.2. The quantitative estimate of drug-likeness (QED) is 0.470. The van der Waals surface area contributed by atoms with Crippen LogP contribution in [0.15, 0.2) is 47.4 Å². The molecule has 0 atom stereocenters. The summed E-state index contributed by atoms with van der Waals surface area (Å²) < 4.78 is 33.6. The highest BCUT2D eigenvalue weighted by Crippen LogP contribution is 2.32. The lowest BCUT2D eigenvalue weighted by Crippen LogP contribution is -2.31. The van der Waals surface area contributed by atoms with E-state index in [9.17, 15) is 13.2 Å². The minimum atomic E-state index is -3.57. The Morgan fingerprint density at radius 1 is 1.13 bits per heavy atom. The number of nitrogens with one attached hydrogen (secondary N) is 1. The first-order valence-corrected chi connectivity index (χ1v) is 12.6. The van der Waals surface area contributed by atoms with Crippen LogP contribution in [0.2, 0.25) is 0 Å². The van der Waals surface area contributed by atoms with E-state index < -0.39 is 10.0 Å². The van der Waals surface area contributed by atoms with Gasteiger partial charge in [0.1, 0.15) is 11.3 Å². The number of thiazole rings is 1. The first-order chi connectivity index (χ1) is 14.9. The maximum absolute atomic E-state index is 12.8. The van der Waals surface area contributed by atoms with Crippen molar-refractivity contribution in [1.82, 2.24) is 9.29 Å². The SMILES string of the molecule is CCCCN(CC)S(=O)(=O)c1ccc(C(=O)Nc2nc3c(OCC)cccc3s2)cc1. The van der Waals surface area contributed by atoms with Crippen molar-refractivity contribution in [2.24, 2.45) is 0 Å². The van der Waals surface area contributed by atoms with Gasteiger partial charge >= 0.3 is 0 Å². The van der Waals surface area contributed by atoms with E-state index in [1.807, 2.05) is 39.0 Å². The van der Waals surface area contributed by atoms with Gasteiger partial charge in [-0.2, -0.15) is 4.31 Å². The van der Waals surface area contributed by atoms with Crippen molar-refractivity contribution in [3.8, 4) is 5.75 Å². The Balaban J connectivity index is 1.76. The van der Waals surface area contributed by atoms with Crippen LogP contribution in [0.3, 0.4) is 0 Å². The molecule has 0 saturated carbocycles. The number of nitrogens with zero attached hydrogens (tertiary/aromatic N) is 2. The lowest BCUT2D eigenvalue weighted by Gasteiger charge is -2.20. The summed E-state index contributed by atoms with van der Waals surface area (Å²) in [6.07, 6.45) is 1.73. The van der Waals surface area contributed by atoms with Crippen molar-refractivity contribution >= 4 is 42.6 Å². The second-order valence-electron chi connectivity index (χ2n) is 6.88. The number of ether oxygens (including phenoxy) is 1. The Hall–Kier alpha value is -2.49. The molecule has 0 radical (unpaired) electrons. The molecule has 31 heavy (non-hydrogen) atoms. The van der Waals surface area contributed by atoms with Gasteiger partial charge in [0.15, 0.2) is 5.13 Å². The molecule has 0 fully saturated rings. The number of anilines is 1. The van der Waals surface area contributed by atoms with Crippen molar-refractivity contribution in [2.75, 3.05) is 25.0 Å². The zero-order valence-corrected chi connectivity index (χ0v) is 19.6. The Labute approximate surface area is 187 Å². The second kappa shape index (κ2) is 10.2. The number of amides is 1. The number of rotatable bonds is 10. The smallest absolute Gasteiger partial charge is 0.257 e. The number of unbranched alkanes of at least 4 members (excludes halogenated alkanes) is 1. The number of hydrogen-bond acceptors (Lipinski definition) is 6. The van der Waals surface area contributed by atoms with Crippen LogP contribution in [0.5, 0.6) is 5.75 Å². The zero-order chi connectivity index (χ0) is 22.4. The molecule has 0 saturated heterocycles. The van der Waals surface area contributed by atoms with Gasteiger partial charge in [-0.3, -0.25) is 10.1 Å². The van der Waals surface area contributed by atoms with Gasteiger partial charge in [-0.1, -0.05) is 37.7 Å². The Kier molecular flexibility index (Phi) is 7.64. The summed E-state index contributed by atoms with van der Waals surface area (Å²) >= 11 is 1.36. The number of sulfonamides is 1. The predicted molar refractivity (Wildman–Crippen MR) is 125 cm³/mol. The zero-order valence-electron chi connectivity index (χ0n) is 17.9. The number of carbonyl (C=O) groups excluding carboxylic acids is 1. The van der Waals surface area contributed by atoms with E-state index in [1.165, 1.54) is 39.9 Å². The number of hydrogen-bond donors (Lipinski definition) is 1. The van der Waals surface area contributed by atoms with E-state index >= 15 is 0 Å². The fourth-order valence-corrected chi connectivity index (χ4v) is 5.49. The van der Waals surface area contributed by atoms with Crippen LogP contribution in [0.4, 0.5) is 5.13 Å². The maximum atomic E-state index is 12.8. The standard InChI is InChI=1S/C22H27N3O4S2/c1-4-7-15-25(5-2)31(27,28)17-13-11-16(12-14-17)21(26)24-22-23-20-18(29-6-3)9-8-10-19(20)30-22/h8-14H,4-7,15H2,1-3H3,(H,23,24,26). The summed E-state index contributed by atoms with van der Waals surface area (Å²) in [5.41, 5.74) is 1.07. The molecule has 1 aromatic heterocycles. The first-order valence-electron chi connectivity index (χ1n) is 10.3. The minimum absolute atomic E-state index is 0.184. The highest BCUT2D eigenvalue weighted by molar-refractivity contribution is 7.89. The summed E-state index contributed by atoms with van der Waals surface area (Å²) in [4.78, 5) is 17.3. The van der Waals surface area contributed by atoms with Gasteiger partial charge < -0.3 is 4.74 Å². The van der Waals surface area contributed by atoms with E-state index in [0.29, 0.717) is 41.7 Å². The molecule has 9 heteroatoms. The molecule has 0 aliphatic carbocycles. The van der Waals surface area contributed by atoms with Crippen LogP contribution in [0.25, 0.3) is 10.2 Å². The minimum Gasteiger partial charge on any atom is -0.492 e. The number of carbonyl (C=O) groups is 1. The molecule has 0 aliphatic heterocycles. The van der Waals surface area contributed by atoms with Crippen molar-refractivity contribution in [1.29, 1.82) is 0 Å². The summed E-state index contributed by atoms with van der Waals surface area (Å²) in [5.74, 6) is 0.328. The fraction of sp³-hybridized carbons (Fsp3) is 0.364. The summed E-state index contributed by atoms with van der Waals surface area (Å²) in [7, 11) is -3.57. The number of benzene rings is 2. The molecular weight excluding hydrogens is 434 g/mol. The third kappa shape index (κ3) is 5.23. The van der Waals surface area contributed by atoms with E-state index in [1.54, 1.807) is 0 Å². The second-order valence-corrected chi connectivity index (χ2v) is 9.85. The van der Waals surface area contributed by atoms with Crippen molar-refractivity contribution in [2.45, 2.75) is 38.5 Å². The van der Waals surface area contributed by atoms with E-state index in [0.717, 1.165) is 17.5 Å². The van der Waals surface area contributed by atoms with Gasteiger partial charge in [-0.05, 0) is 49.7 Å². The number of para-hydroxylation sites is 1. The molecule has 7 nitrogen and oxygen atoms in total. The Bertz CT molecular complexity index is 1140. The van der Waals surface area contributed by atoms with Crippen LogP contribution < -0.4 is 10.1 Å². The number of fused-ring (bicyclic) bond motifs is 1. The van der Waals surface area contributed by atoms with Gasteiger partial charge in [-0.15, -0.1) is 0 Å². The highest BCUT2D eigenvalue weighted by Gasteiger charge is 2.23. The molecule has 0 spiro atoms. The third-order valence-electron chi connectivity index (χ3n) is 4.77. The van der Waals surface area contributed by atoms with Crippen molar-refractivity contribution < 1.29 is 17.9 Å². The van der Waals surface area contributed by atoms with Gasteiger partial charge in [0.05, 0.1) is 16.2 Å². The molecule has 2 aromatic carbocycles. The molecule has 3 rings (SSSR count). The topological polar surface area (TPSA) is 88.6 Å². The molecule has 0 unspecified atom stereocenters. The average molecular weight is 462 g/mol. The largest absolute Gasteiger partial charge is 0.492 e. The molecule has 1 amide bonds. The molecular formula is C22H27N3O4S2. The van der Waals surface area contributed by atoms with Gasteiger partial charge in [0, 0.05) is 18.7 Å². The van der Waals surface area contributed by atoms with Crippen LogP contribution in [-0.4, -0.2) is 43.3 Å². The molecule has 0 bridgehead atoms. The summed E-state index contributed by atoms with van der Waals surface area (Å²) in [5, 5.41) is 3.25. The van der Waals surface area contributed by atoms with Crippen molar-refractivity contribution in [3.05, 3.63) is 48.0 Å². The summed E-state index contributed by atoms with van der Waals surface area (Å²) in [6.45, 7) is 7.18. The molecule has 3 aromatic rings. The molecule has 166 valence electrons. The van der Waals surface area contributed by atoms with Crippen LogP contribution in [0, 0.1) is 0 Å². The maximum Gasteiger partial charge on any atom is 0.257 e. The lowest BCUT2D eigenvalue weighted by molar-refractivity contribution is 0.102. The normalized spacial score (nSPS) is 11.7. The predicted octanol–water partition coefficient (Wildman–Crippen LogP) is 4.76. The van der Waals surface area contributed by atoms with E-state index in [2.05, 4.69) is 10.3 Å². The van der Waals surface area contributed by atoms with Gasteiger partial charge in [-0.25, -0.2) is 13.4 Å². The Morgan fingerprint density at radius 2 is 1.87 bits per heavy atom. The van der Waals surface area contributed by atoms with E-state index in [-0.39, 0.29) is 10.8 Å². The molecule has 0 aliphatic rings. The third-order valence-corrected chi connectivity index (χ3v) is 7.69. The average Bonchev–Trinajstić information content (AvgIpc) is 3.18. The van der Waals surface area contributed by atoms with Gasteiger partial charge in [0.25, 0.3) is 5.91 Å². The van der Waals surface area contributed by atoms with Crippen LogP contribution >= 0.6 is 11.3 Å². The van der Waals surface area contributed by atoms with Gasteiger partial charge in [0.2, 0.25) is 10.0 Å². The molecule has 1 N–H and O–H groups in total. The first kappa shape index (κ1) is 23.2. The van der Waals surface area contributed by atoms with E-state index in [4.69, 9.17) is 4.74 Å². The lowest BCUT2D eigenvalue weighted by atomic mass is 10.2. The van der Waals surface area contributed by atoms with Crippen LogP contribution in [-0.2, 0) is 10.0 Å². The fourth-order valence-electron chi connectivity index (χ4n) is 3.13. The van der Waals surface area contributed by atoms with Crippen molar-refractivity contribution in [3.63, 3.8) is 0 Å². The number of aromatic nitrogens is 1. The Morgan fingerprint density at radius 3 is 2.52 bits per heavy atom.